The molecule has 1 aromatic carbocycles. The highest BCUT2D eigenvalue weighted by atomic mass is 32.2. The second-order valence-electron chi connectivity index (χ2n) is 4.24. The fourth-order valence-corrected chi connectivity index (χ4v) is 3.02. The van der Waals surface area contributed by atoms with Gasteiger partial charge >= 0.3 is 5.69 Å². The van der Waals surface area contributed by atoms with Gasteiger partial charge in [0.2, 0.25) is 0 Å². The van der Waals surface area contributed by atoms with Gasteiger partial charge in [-0.15, -0.1) is 0 Å². The number of para-hydroxylation sites is 1. The Morgan fingerprint density at radius 3 is 2.67 bits per heavy atom. The fourth-order valence-electron chi connectivity index (χ4n) is 1.77. The van der Waals surface area contributed by atoms with Crippen LogP contribution in [0.15, 0.2) is 41.4 Å². The van der Waals surface area contributed by atoms with E-state index < -0.39 is 25.5 Å². The van der Waals surface area contributed by atoms with E-state index in [1.54, 1.807) is 6.92 Å². The van der Waals surface area contributed by atoms with Crippen LogP contribution in [-0.2, 0) is 10.0 Å². The first kappa shape index (κ1) is 14.7. The summed E-state index contributed by atoms with van der Waals surface area (Å²) in [4.78, 5) is 13.7. The molecule has 0 saturated carbocycles. The van der Waals surface area contributed by atoms with Gasteiger partial charge in [-0.1, -0.05) is 6.07 Å². The number of nitrogen functional groups attached to an aromatic ring is 1. The first-order chi connectivity index (χ1) is 9.81. The minimum absolute atomic E-state index is 0.214. The number of nitrogens with zero attached hydrogens (tertiary/aromatic N) is 2. The zero-order chi connectivity index (χ0) is 15.6. The quantitative estimate of drug-likeness (QED) is 0.502. The number of anilines is 2. The van der Waals surface area contributed by atoms with Crippen LogP contribution in [0.3, 0.4) is 0 Å². The Balaban J connectivity index is 2.50. The normalized spacial score (nSPS) is 11.1. The third-order valence-corrected chi connectivity index (χ3v) is 4.06. The van der Waals surface area contributed by atoms with E-state index in [-0.39, 0.29) is 11.4 Å². The van der Waals surface area contributed by atoms with E-state index >= 15 is 0 Å². The van der Waals surface area contributed by atoms with Crippen LogP contribution >= 0.6 is 0 Å². The van der Waals surface area contributed by atoms with E-state index in [1.807, 2.05) is 0 Å². The lowest BCUT2D eigenvalue weighted by Gasteiger charge is -2.09. The Kier molecular flexibility index (Phi) is 3.76. The maximum atomic E-state index is 12.3. The second kappa shape index (κ2) is 5.37. The molecule has 0 spiro atoms. The van der Waals surface area contributed by atoms with Crippen molar-refractivity contribution in [3.05, 3.63) is 52.3 Å². The van der Waals surface area contributed by atoms with Gasteiger partial charge in [0.15, 0.2) is 4.90 Å². The molecule has 0 amide bonds. The Bertz CT molecular complexity index is 805. The monoisotopic (exact) mass is 308 g/mol. The minimum Gasteiger partial charge on any atom is -0.393 e. The van der Waals surface area contributed by atoms with Crippen molar-refractivity contribution in [2.24, 2.45) is 0 Å². The van der Waals surface area contributed by atoms with Gasteiger partial charge in [-0.3, -0.25) is 19.8 Å². The number of rotatable bonds is 4. The summed E-state index contributed by atoms with van der Waals surface area (Å²) >= 11 is 0. The van der Waals surface area contributed by atoms with E-state index in [2.05, 4.69) is 9.71 Å². The number of aryl methyl sites for hydroxylation is 1. The number of pyridine rings is 1. The Morgan fingerprint density at radius 2 is 2.05 bits per heavy atom. The molecule has 110 valence electrons. The van der Waals surface area contributed by atoms with E-state index in [0.29, 0.717) is 5.69 Å². The summed E-state index contributed by atoms with van der Waals surface area (Å²) in [6.07, 6.45) is 1.43. The third-order valence-electron chi connectivity index (χ3n) is 2.65. The number of nitro groups is 1. The number of nitro benzene ring substituents is 1. The molecule has 0 unspecified atom stereocenters. The molecular formula is C12H12N4O4S. The molecule has 1 aromatic heterocycles. The van der Waals surface area contributed by atoms with Crippen molar-refractivity contribution in [3.8, 4) is 0 Å². The molecule has 1 heterocycles. The van der Waals surface area contributed by atoms with Gasteiger partial charge in [0.25, 0.3) is 10.0 Å². The highest BCUT2D eigenvalue weighted by Gasteiger charge is 2.28. The molecule has 2 aromatic rings. The summed E-state index contributed by atoms with van der Waals surface area (Å²) in [5, 5.41) is 11.0. The molecule has 0 atom stereocenters. The number of sulfonamides is 1. The lowest BCUT2D eigenvalue weighted by atomic mass is 10.3. The summed E-state index contributed by atoms with van der Waals surface area (Å²) in [6, 6.07) is 6.70. The zero-order valence-electron chi connectivity index (χ0n) is 11.0. The Labute approximate surface area is 120 Å². The van der Waals surface area contributed by atoms with Gasteiger partial charge in [0, 0.05) is 11.9 Å². The molecule has 3 N–H and O–H groups in total. The largest absolute Gasteiger partial charge is 0.393 e. The summed E-state index contributed by atoms with van der Waals surface area (Å²) in [5.41, 5.74) is 5.51. The van der Waals surface area contributed by atoms with Crippen molar-refractivity contribution < 1.29 is 13.3 Å². The van der Waals surface area contributed by atoms with Crippen molar-refractivity contribution >= 4 is 27.1 Å². The SMILES string of the molecule is Cc1cc(NS(=O)(=O)c2cccc(N)c2[N+](=O)[O-])ccn1. The van der Waals surface area contributed by atoms with E-state index in [0.717, 1.165) is 6.07 Å². The zero-order valence-corrected chi connectivity index (χ0v) is 11.8. The first-order valence-electron chi connectivity index (χ1n) is 5.79. The number of hydrogen-bond donors (Lipinski definition) is 2. The maximum Gasteiger partial charge on any atom is 0.312 e. The van der Waals surface area contributed by atoms with E-state index in [1.165, 1.54) is 30.5 Å². The highest BCUT2D eigenvalue weighted by Crippen LogP contribution is 2.30. The van der Waals surface area contributed by atoms with Gasteiger partial charge < -0.3 is 5.73 Å². The van der Waals surface area contributed by atoms with Gasteiger partial charge in [-0.05, 0) is 31.2 Å². The average Bonchev–Trinajstić information content (AvgIpc) is 2.37. The van der Waals surface area contributed by atoms with Crippen LogP contribution in [0, 0.1) is 17.0 Å². The van der Waals surface area contributed by atoms with Gasteiger partial charge in [-0.25, -0.2) is 8.42 Å². The smallest absolute Gasteiger partial charge is 0.312 e. The molecule has 0 fully saturated rings. The highest BCUT2D eigenvalue weighted by molar-refractivity contribution is 7.92. The van der Waals surface area contributed by atoms with E-state index in [4.69, 9.17) is 5.73 Å². The average molecular weight is 308 g/mol. The second-order valence-corrected chi connectivity index (χ2v) is 5.89. The molecule has 21 heavy (non-hydrogen) atoms. The van der Waals surface area contributed by atoms with Crippen LogP contribution in [0.5, 0.6) is 0 Å². The molecule has 9 heteroatoms. The van der Waals surface area contributed by atoms with E-state index in [9.17, 15) is 18.5 Å². The van der Waals surface area contributed by atoms with Crippen LogP contribution in [-0.4, -0.2) is 18.3 Å². The van der Waals surface area contributed by atoms with Crippen LogP contribution < -0.4 is 10.5 Å². The van der Waals surface area contributed by atoms with Crippen LogP contribution in [0.1, 0.15) is 5.69 Å². The molecule has 0 aliphatic carbocycles. The molecule has 2 rings (SSSR count). The number of benzene rings is 1. The van der Waals surface area contributed by atoms with Crippen molar-refractivity contribution in [3.63, 3.8) is 0 Å². The molecule has 0 aliphatic heterocycles. The van der Waals surface area contributed by atoms with Gasteiger partial charge in [0.05, 0.1) is 10.6 Å². The topological polar surface area (TPSA) is 128 Å². The van der Waals surface area contributed by atoms with Gasteiger partial charge in [-0.2, -0.15) is 0 Å². The number of nitrogens with two attached hydrogens (primary N) is 1. The predicted molar refractivity (Wildman–Crippen MR) is 77.3 cm³/mol. The lowest BCUT2D eigenvalue weighted by molar-refractivity contribution is -0.386. The molecule has 0 aliphatic rings. The van der Waals surface area contributed by atoms with Crippen LogP contribution in [0.4, 0.5) is 17.1 Å². The van der Waals surface area contributed by atoms with Crippen molar-refractivity contribution in [1.29, 1.82) is 0 Å². The minimum atomic E-state index is -4.13. The van der Waals surface area contributed by atoms with Crippen LogP contribution in [0.25, 0.3) is 0 Å². The molecule has 8 nitrogen and oxygen atoms in total. The Morgan fingerprint density at radius 1 is 1.33 bits per heavy atom. The number of aromatic nitrogens is 1. The molecule has 0 radical (unpaired) electrons. The lowest BCUT2D eigenvalue weighted by Crippen LogP contribution is -2.15. The summed E-state index contributed by atoms with van der Waals surface area (Å²) in [6.45, 7) is 1.70. The predicted octanol–water partition coefficient (Wildman–Crippen LogP) is 1.68. The summed E-state index contributed by atoms with van der Waals surface area (Å²) in [7, 11) is -4.13. The number of nitrogens with one attached hydrogen (secondary N) is 1. The number of hydrogen-bond acceptors (Lipinski definition) is 6. The Hall–Kier alpha value is -2.68. The standard InChI is InChI=1S/C12H12N4O4S/c1-8-7-9(5-6-14-8)15-21(19,20)11-4-2-3-10(13)12(11)16(17)18/h2-7H,13H2,1H3,(H,14,15). The fraction of sp³-hybridized carbons (Fsp3) is 0.0833. The van der Waals surface area contributed by atoms with Crippen molar-refractivity contribution in [1.82, 2.24) is 4.98 Å². The summed E-state index contributed by atoms with van der Waals surface area (Å²) < 4.78 is 26.9. The molecular weight excluding hydrogens is 296 g/mol. The van der Waals surface area contributed by atoms with Crippen molar-refractivity contribution in [2.75, 3.05) is 10.5 Å². The van der Waals surface area contributed by atoms with Crippen LogP contribution in [0.2, 0.25) is 0 Å². The molecule has 0 bridgehead atoms. The summed E-state index contributed by atoms with van der Waals surface area (Å²) in [5.74, 6) is 0. The molecule has 0 saturated heterocycles. The third kappa shape index (κ3) is 3.08. The van der Waals surface area contributed by atoms with Crippen molar-refractivity contribution in [2.45, 2.75) is 11.8 Å². The first-order valence-corrected chi connectivity index (χ1v) is 7.28. The van der Waals surface area contributed by atoms with Gasteiger partial charge in [0.1, 0.15) is 5.69 Å². The maximum absolute atomic E-state index is 12.3.